The Balaban J connectivity index is 1.60. The molecule has 34 heavy (non-hydrogen) atoms. The van der Waals surface area contributed by atoms with E-state index in [0.717, 1.165) is 19.3 Å². The van der Waals surface area contributed by atoms with Crippen molar-refractivity contribution in [2.24, 2.45) is 10.2 Å². The number of hydrogen-bond acceptors (Lipinski definition) is 7. The van der Waals surface area contributed by atoms with Crippen LogP contribution in [0.2, 0.25) is 0 Å². The van der Waals surface area contributed by atoms with E-state index >= 15 is 0 Å². The third-order valence-corrected chi connectivity index (χ3v) is 8.81. The van der Waals surface area contributed by atoms with Gasteiger partial charge in [0.15, 0.2) is 5.17 Å². The van der Waals surface area contributed by atoms with Crippen LogP contribution < -0.4 is 9.50 Å². The fourth-order valence-corrected chi connectivity index (χ4v) is 6.56. The lowest BCUT2D eigenvalue weighted by atomic mass is 10.1. The van der Waals surface area contributed by atoms with E-state index in [1.165, 1.54) is 43.3 Å². The van der Waals surface area contributed by atoms with Gasteiger partial charge in [-0.05, 0) is 58.2 Å². The molecule has 2 aromatic rings. The normalized spacial score (nSPS) is 17.4. The van der Waals surface area contributed by atoms with Crippen molar-refractivity contribution in [1.82, 2.24) is 5.32 Å². The van der Waals surface area contributed by atoms with Crippen molar-refractivity contribution in [3.8, 4) is 5.75 Å². The molecule has 1 aliphatic rings. The van der Waals surface area contributed by atoms with Gasteiger partial charge >= 0.3 is 10.1 Å². The lowest BCUT2D eigenvalue weighted by Crippen LogP contribution is -2.24. The monoisotopic (exact) mass is 629 g/mol. The van der Waals surface area contributed by atoms with Gasteiger partial charge in [-0.15, -0.1) is 5.10 Å². The van der Waals surface area contributed by atoms with E-state index < -0.39 is 10.1 Å². The molecule has 1 amide bonds. The number of thioether (sulfide) groups is 1. The molecule has 2 aromatic carbocycles. The average molecular weight is 631 g/mol. The predicted molar refractivity (Wildman–Crippen MR) is 144 cm³/mol. The summed E-state index contributed by atoms with van der Waals surface area (Å²) in [6.45, 7) is 2.18. The summed E-state index contributed by atoms with van der Waals surface area (Å²) in [5.41, 5.74) is 0.604. The number of carbonyl (C=O) groups excluding carboxylic acids is 1. The smallest absolute Gasteiger partial charge is 0.340 e. The van der Waals surface area contributed by atoms with Crippen LogP contribution in [0.4, 0.5) is 0 Å². The quantitative estimate of drug-likeness (QED) is 0.137. The van der Waals surface area contributed by atoms with Gasteiger partial charge in [-0.3, -0.25) is 4.79 Å². The largest absolute Gasteiger partial charge is 0.379 e. The minimum atomic E-state index is -4.04. The predicted octanol–water partition coefficient (Wildman–Crippen LogP) is 6.26. The Kier molecular flexibility index (Phi) is 10.2. The topological polar surface area (TPSA) is 97.2 Å². The number of amidine groups is 1. The van der Waals surface area contributed by atoms with Gasteiger partial charge in [0, 0.05) is 8.95 Å². The fourth-order valence-electron chi connectivity index (χ4n) is 3.21. The molecular formula is C23H25Br2N3O4S2. The third kappa shape index (κ3) is 7.93. The number of carbonyl (C=O) groups is 1. The Morgan fingerprint density at radius 1 is 1.12 bits per heavy atom. The van der Waals surface area contributed by atoms with Gasteiger partial charge in [0.1, 0.15) is 10.6 Å². The Labute approximate surface area is 221 Å². The molecule has 3 rings (SSSR count). The van der Waals surface area contributed by atoms with E-state index in [4.69, 9.17) is 4.18 Å². The molecule has 0 spiro atoms. The van der Waals surface area contributed by atoms with Gasteiger partial charge in [0.25, 0.3) is 0 Å². The first-order chi connectivity index (χ1) is 16.3. The number of rotatable bonds is 11. The summed E-state index contributed by atoms with van der Waals surface area (Å²) in [7, 11) is -4.04. The summed E-state index contributed by atoms with van der Waals surface area (Å²) in [4.78, 5) is 12.1. The van der Waals surface area contributed by atoms with Crippen LogP contribution in [0.5, 0.6) is 5.75 Å². The minimum Gasteiger partial charge on any atom is -0.379 e. The Hall–Kier alpha value is -1.69. The second-order valence-electron chi connectivity index (χ2n) is 7.63. The highest BCUT2D eigenvalue weighted by molar-refractivity contribution is 9.11. The van der Waals surface area contributed by atoms with Crippen LogP contribution in [-0.2, 0) is 14.9 Å². The van der Waals surface area contributed by atoms with E-state index in [0.29, 0.717) is 19.7 Å². The summed E-state index contributed by atoms with van der Waals surface area (Å²) in [5, 5.41) is 11.2. The molecule has 0 aromatic heterocycles. The molecular weight excluding hydrogens is 606 g/mol. The maximum absolute atomic E-state index is 12.7. The average Bonchev–Trinajstić information content (AvgIpc) is 3.14. The summed E-state index contributed by atoms with van der Waals surface area (Å²) < 4.78 is 31.7. The van der Waals surface area contributed by atoms with Crippen LogP contribution in [-0.4, -0.2) is 31.0 Å². The van der Waals surface area contributed by atoms with E-state index in [1.807, 2.05) is 0 Å². The first-order valence-corrected chi connectivity index (χ1v) is 14.7. The second-order valence-corrected chi connectivity index (χ2v) is 12.1. The zero-order valence-corrected chi connectivity index (χ0v) is 23.3. The van der Waals surface area contributed by atoms with Gasteiger partial charge in [-0.25, -0.2) is 0 Å². The van der Waals surface area contributed by atoms with Crippen molar-refractivity contribution in [3.05, 3.63) is 57.0 Å². The lowest BCUT2D eigenvalue weighted by Gasteiger charge is -2.09. The van der Waals surface area contributed by atoms with Crippen LogP contribution in [0.15, 0.2) is 66.5 Å². The molecule has 0 aliphatic carbocycles. The maximum Gasteiger partial charge on any atom is 0.340 e. The summed E-state index contributed by atoms with van der Waals surface area (Å²) in [5.74, 6) is 0.115. The fraction of sp³-hybridized carbons (Fsp3) is 0.348. The van der Waals surface area contributed by atoms with Gasteiger partial charge in [0.05, 0.1) is 11.5 Å². The standard InChI is InChI=1S/C23H25Br2N3O4S2/c1-2-3-4-5-6-10-20-22(29)27-23(33-20)28-26-15-16-8-7-9-18(13-16)32-34(30,31)21-14-17(24)11-12-19(21)25/h7-9,11-15,20H,2-6,10H2,1H3,(H,27,28,29)/b26-15+. The van der Waals surface area contributed by atoms with Gasteiger partial charge < -0.3 is 9.50 Å². The zero-order chi connectivity index (χ0) is 24.6. The molecule has 0 bridgehead atoms. The van der Waals surface area contributed by atoms with E-state index in [9.17, 15) is 13.2 Å². The van der Waals surface area contributed by atoms with Crippen molar-refractivity contribution >= 4 is 71.0 Å². The molecule has 1 fully saturated rings. The Morgan fingerprint density at radius 2 is 1.91 bits per heavy atom. The van der Waals surface area contributed by atoms with Gasteiger partial charge in [-0.1, -0.05) is 78.9 Å². The molecule has 1 aliphatic heterocycles. The van der Waals surface area contributed by atoms with Gasteiger partial charge in [-0.2, -0.15) is 13.5 Å². The second kappa shape index (κ2) is 12.9. The number of unbranched alkanes of at least 4 members (excludes halogenated alkanes) is 4. The third-order valence-electron chi connectivity index (χ3n) is 4.93. The highest BCUT2D eigenvalue weighted by Crippen LogP contribution is 2.29. The Bertz CT molecular complexity index is 1190. The summed E-state index contributed by atoms with van der Waals surface area (Å²) in [6, 6.07) is 11.3. The number of hydrogen-bond donors (Lipinski definition) is 1. The van der Waals surface area contributed by atoms with Crippen LogP contribution in [0.1, 0.15) is 51.0 Å². The highest BCUT2D eigenvalue weighted by Gasteiger charge is 2.29. The molecule has 0 radical (unpaired) electrons. The van der Waals surface area contributed by atoms with Crippen LogP contribution in [0, 0.1) is 0 Å². The van der Waals surface area contributed by atoms with Crippen molar-refractivity contribution in [3.63, 3.8) is 0 Å². The Morgan fingerprint density at radius 3 is 2.71 bits per heavy atom. The minimum absolute atomic E-state index is 0.0151. The van der Waals surface area contributed by atoms with Crippen LogP contribution >= 0.6 is 43.6 Å². The lowest BCUT2D eigenvalue weighted by molar-refractivity contribution is -0.118. The number of benzene rings is 2. The van der Waals surface area contributed by atoms with E-state index in [1.54, 1.807) is 36.4 Å². The van der Waals surface area contributed by atoms with E-state index in [2.05, 4.69) is 54.3 Å². The number of nitrogens with one attached hydrogen (secondary N) is 1. The molecule has 11 heteroatoms. The first-order valence-electron chi connectivity index (χ1n) is 10.9. The van der Waals surface area contributed by atoms with Crippen molar-refractivity contribution in [2.75, 3.05) is 0 Å². The maximum atomic E-state index is 12.7. The molecule has 1 saturated heterocycles. The van der Waals surface area contributed by atoms with Crippen molar-refractivity contribution in [2.45, 2.75) is 55.6 Å². The molecule has 0 saturated carbocycles. The van der Waals surface area contributed by atoms with Gasteiger partial charge in [0.2, 0.25) is 5.91 Å². The molecule has 1 heterocycles. The van der Waals surface area contributed by atoms with Crippen molar-refractivity contribution < 1.29 is 17.4 Å². The molecule has 182 valence electrons. The zero-order valence-electron chi connectivity index (χ0n) is 18.5. The first kappa shape index (κ1) is 26.9. The molecule has 1 N–H and O–H groups in total. The summed E-state index contributed by atoms with van der Waals surface area (Å²) >= 11 is 7.91. The molecule has 7 nitrogen and oxygen atoms in total. The summed E-state index contributed by atoms with van der Waals surface area (Å²) in [6.07, 6.45) is 8.08. The van der Waals surface area contributed by atoms with Crippen LogP contribution in [0.3, 0.4) is 0 Å². The number of nitrogens with zero attached hydrogens (tertiary/aromatic N) is 2. The molecule has 1 unspecified atom stereocenters. The number of halogens is 2. The van der Waals surface area contributed by atoms with E-state index in [-0.39, 0.29) is 21.8 Å². The van der Waals surface area contributed by atoms with Crippen molar-refractivity contribution in [1.29, 1.82) is 0 Å². The number of amides is 1. The highest BCUT2D eigenvalue weighted by atomic mass is 79.9. The van der Waals surface area contributed by atoms with Crippen LogP contribution in [0.25, 0.3) is 0 Å². The molecule has 1 atom stereocenters. The SMILES string of the molecule is CCCCCCCC1S/C(=N\N=C\c2cccc(OS(=O)(=O)c3cc(Br)ccc3Br)c2)NC1=O.